The first-order valence-electron chi connectivity index (χ1n) is 6.70. The zero-order valence-corrected chi connectivity index (χ0v) is 12.4. The third kappa shape index (κ3) is 3.15. The molecule has 1 unspecified atom stereocenters. The smallest absolute Gasteiger partial charge is 0.253 e. The molecule has 0 bridgehead atoms. The summed E-state index contributed by atoms with van der Waals surface area (Å²) in [6, 6.07) is 3.58. The number of ether oxygens (including phenoxy) is 1. The number of hydrogen-bond donors (Lipinski definition) is 1. The topological polar surface area (TPSA) is 76.3 Å². The first kappa shape index (κ1) is 14.2. The van der Waals surface area contributed by atoms with Gasteiger partial charge in [0.05, 0.1) is 25.0 Å². The van der Waals surface area contributed by atoms with E-state index < -0.39 is 0 Å². The first-order valence-corrected chi connectivity index (χ1v) is 7.08. The summed E-state index contributed by atoms with van der Waals surface area (Å²) in [4.78, 5) is 10.7. The number of morpholine rings is 1. The maximum atomic E-state index is 9.22. The number of aliphatic hydroxyl groups is 1. The van der Waals surface area contributed by atoms with Crippen molar-refractivity contribution in [1.29, 1.82) is 0 Å². The van der Waals surface area contributed by atoms with E-state index in [0.717, 1.165) is 5.69 Å². The van der Waals surface area contributed by atoms with Crippen LogP contribution in [0.5, 0.6) is 0 Å². The minimum absolute atomic E-state index is 0.0134. The molecule has 1 aliphatic rings. The second-order valence-corrected chi connectivity index (χ2v) is 5.26. The number of nitrogens with zero attached hydrogens (tertiary/aromatic N) is 5. The molecule has 0 radical (unpaired) electrons. The predicted molar refractivity (Wildman–Crippen MR) is 77.9 cm³/mol. The molecule has 1 fully saturated rings. The van der Waals surface area contributed by atoms with Gasteiger partial charge in [-0.3, -0.25) is 0 Å². The van der Waals surface area contributed by atoms with E-state index in [-0.39, 0.29) is 12.7 Å². The lowest BCUT2D eigenvalue weighted by atomic mass is 10.3. The van der Waals surface area contributed by atoms with Crippen molar-refractivity contribution in [3.63, 3.8) is 0 Å². The SMILES string of the molecule is Cc1ccn(-c2nc(Cl)cc(N3CCOC(CO)C3)n2)n1. The second kappa shape index (κ2) is 5.97. The van der Waals surface area contributed by atoms with Crippen LogP contribution in [0, 0.1) is 6.92 Å². The molecule has 0 spiro atoms. The van der Waals surface area contributed by atoms with Crippen molar-refractivity contribution in [3.05, 3.63) is 29.2 Å². The zero-order valence-electron chi connectivity index (χ0n) is 11.6. The van der Waals surface area contributed by atoms with Crippen LogP contribution < -0.4 is 4.90 Å². The molecule has 7 nitrogen and oxygen atoms in total. The molecule has 2 aromatic rings. The van der Waals surface area contributed by atoms with Gasteiger partial charge in [0.25, 0.3) is 5.95 Å². The molecule has 2 aromatic heterocycles. The molecule has 112 valence electrons. The van der Waals surface area contributed by atoms with Gasteiger partial charge in [0, 0.05) is 25.4 Å². The lowest BCUT2D eigenvalue weighted by Crippen LogP contribution is -2.44. The van der Waals surface area contributed by atoms with Crippen LogP contribution in [-0.2, 0) is 4.74 Å². The van der Waals surface area contributed by atoms with Crippen molar-refractivity contribution in [2.24, 2.45) is 0 Å². The Kier molecular flexibility index (Phi) is 4.05. The molecular formula is C13H16ClN5O2. The summed E-state index contributed by atoms with van der Waals surface area (Å²) in [6.07, 6.45) is 1.59. The molecule has 1 saturated heterocycles. The molecule has 21 heavy (non-hydrogen) atoms. The zero-order chi connectivity index (χ0) is 14.8. The Morgan fingerprint density at radius 3 is 3.05 bits per heavy atom. The minimum atomic E-state index is -0.206. The number of aryl methyl sites for hydroxylation is 1. The molecule has 0 aromatic carbocycles. The van der Waals surface area contributed by atoms with Crippen LogP contribution in [0.25, 0.3) is 5.95 Å². The molecule has 1 atom stereocenters. The molecule has 0 saturated carbocycles. The van der Waals surface area contributed by atoms with Crippen LogP contribution in [0.3, 0.4) is 0 Å². The number of hydrogen-bond acceptors (Lipinski definition) is 6. The summed E-state index contributed by atoms with van der Waals surface area (Å²) in [5.41, 5.74) is 0.881. The van der Waals surface area contributed by atoms with Gasteiger partial charge in [-0.25, -0.2) is 4.68 Å². The third-order valence-corrected chi connectivity index (χ3v) is 3.46. The molecule has 3 rings (SSSR count). The second-order valence-electron chi connectivity index (χ2n) is 4.87. The van der Waals surface area contributed by atoms with Crippen molar-refractivity contribution in [2.45, 2.75) is 13.0 Å². The summed E-state index contributed by atoms with van der Waals surface area (Å²) in [5.74, 6) is 1.14. The van der Waals surface area contributed by atoms with E-state index in [1.807, 2.05) is 17.9 Å². The number of rotatable bonds is 3. The van der Waals surface area contributed by atoms with Gasteiger partial charge < -0.3 is 14.7 Å². The van der Waals surface area contributed by atoms with Gasteiger partial charge in [0.1, 0.15) is 11.0 Å². The van der Waals surface area contributed by atoms with Crippen molar-refractivity contribution < 1.29 is 9.84 Å². The van der Waals surface area contributed by atoms with E-state index in [1.165, 1.54) is 0 Å². The largest absolute Gasteiger partial charge is 0.394 e. The summed E-state index contributed by atoms with van der Waals surface area (Å²) >= 11 is 6.10. The Morgan fingerprint density at radius 2 is 2.33 bits per heavy atom. The van der Waals surface area contributed by atoms with Gasteiger partial charge >= 0.3 is 0 Å². The van der Waals surface area contributed by atoms with Gasteiger partial charge in [0.2, 0.25) is 0 Å². The molecule has 8 heteroatoms. The third-order valence-electron chi connectivity index (χ3n) is 3.26. The van der Waals surface area contributed by atoms with Crippen molar-refractivity contribution in [1.82, 2.24) is 19.7 Å². The number of anilines is 1. The van der Waals surface area contributed by atoms with Crippen molar-refractivity contribution in [3.8, 4) is 5.95 Å². The van der Waals surface area contributed by atoms with Crippen LogP contribution in [0.1, 0.15) is 5.69 Å². The Labute approximate surface area is 127 Å². The monoisotopic (exact) mass is 309 g/mol. The van der Waals surface area contributed by atoms with Crippen LogP contribution in [-0.4, -0.2) is 57.3 Å². The molecule has 1 aliphatic heterocycles. The predicted octanol–water partition coefficient (Wildman–Crippen LogP) is 0.822. The van der Waals surface area contributed by atoms with Crippen LogP contribution in [0.2, 0.25) is 5.15 Å². The highest BCUT2D eigenvalue weighted by molar-refractivity contribution is 6.29. The van der Waals surface area contributed by atoms with Crippen LogP contribution in [0.15, 0.2) is 18.3 Å². The fraction of sp³-hybridized carbons (Fsp3) is 0.462. The minimum Gasteiger partial charge on any atom is -0.394 e. The summed E-state index contributed by atoms with van der Waals surface area (Å²) in [5, 5.41) is 13.9. The average molecular weight is 310 g/mol. The average Bonchev–Trinajstić information content (AvgIpc) is 2.93. The van der Waals surface area contributed by atoms with E-state index in [4.69, 9.17) is 16.3 Å². The number of aromatic nitrogens is 4. The Morgan fingerprint density at radius 1 is 1.48 bits per heavy atom. The highest BCUT2D eigenvalue weighted by Gasteiger charge is 2.22. The normalized spacial score (nSPS) is 19.0. The van der Waals surface area contributed by atoms with Crippen molar-refractivity contribution in [2.75, 3.05) is 31.2 Å². The van der Waals surface area contributed by atoms with Gasteiger partial charge in [0.15, 0.2) is 0 Å². The quantitative estimate of drug-likeness (QED) is 0.846. The number of aliphatic hydroxyl groups excluding tert-OH is 1. The van der Waals surface area contributed by atoms with E-state index in [9.17, 15) is 5.11 Å². The van der Waals surface area contributed by atoms with Crippen LogP contribution in [0.4, 0.5) is 5.82 Å². The van der Waals surface area contributed by atoms with Gasteiger partial charge in [-0.2, -0.15) is 15.1 Å². The lowest BCUT2D eigenvalue weighted by molar-refractivity contribution is 0.00335. The Bertz CT molecular complexity index is 633. The van der Waals surface area contributed by atoms with E-state index in [1.54, 1.807) is 16.9 Å². The first-order chi connectivity index (χ1) is 10.2. The van der Waals surface area contributed by atoms with Crippen molar-refractivity contribution >= 4 is 17.4 Å². The standard InChI is InChI=1S/C13H16ClN5O2/c1-9-2-3-19(17-9)13-15-11(14)6-12(16-13)18-4-5-21-10(7-18)8-20/h2-3,6,10,20H,4-5,7-8H2,1H3. The lowest BCUT2D eigenvalue weighted by Gasteiger charge is -2.32. The molecule has 3 heterocycles. The highest BCUT2D eigenvalue weighted by Crippen LogP contribution is 2.20. The Hall–Kier alpha value is -1.70. The maximum absolute atomic E-state index is 9.22. The molecule has 1 N–H and O–H groups in total. The molecule has 0 aliphatic carbocycles. The maximum Gasteiger partial charge on any atom is 0.253 e. The van der Waals surface area contributed by atoms with Gasteiger partial charge in [-0.05, 0) is 13.0 Å². The summed E-state index contributed by atoms with van der Waals surface area (Å²) in [7, 11) is 0. The number of halogens is 1. The van der Waals surface area contributed by atoms with E-state index in [0.29, 0.717) is 36.6 Å². The van der Waals surface area contributed by atoms with Gasteiger partial charge in [-0.1, -0.05) is 11.6 Å². The van der Waals surface area contributed by atoms with E-state index >= 15 is 0 Å². The summed E-state index contributed by atoms with van der Waals surface area (Å²) in [6.45, 7) is 3.70. The fourth-order valence-electron chi connectivity index (χ4n) is 2.22. The van der Waals surface area contributed by atoms with E-state index in [2.05, 4.69) is 15.1 Å². The summed E-state index contributed by atoms with van der Waals surface area (Å²) < 4.78 is 7.03. The highest BCUT2D eigenvalue weighted by atomic mass is 35.5. The van der Waals surface area contributed by atoms with Crippen LogP contribution >= 0.6 is 11.6 Å². The Balaban J connectivity index is 1.90. The molecule has 0 amide bonds. The fourth-order valence-corrected chi connectivity index (χ4v) is 2.40. The van der Waals surface area contributed by atoms with Gasteiger partial charge in [-0.15, -0.1) is 0 Å². The molecular weight excluding hydrogens is 294 g/mol.